The highest BCUT2D eigenvalue weighted by Crippen LogP contribution is 2.11. The number of carbonyl (C=O) groups excluding carboxylic acids is 2. The highest BCUT2D eigenvalue weighted by atomic mass is 16.5. The minimum atomic E-state index is -1.56. The van der Waals surface area contributed by atoms with Gasteiger partial charge in [-0.2, -0.15) is 0 Å². The Morgan fingerprint density at radius 2 is 1.79 bits per heavy atom. The van der Waals surface area contributed by atoms with Gasteiger partial charge in [0.15, 0.2) is 0 Å². The second kappa shape index (κ2) is 9.46. The molecule has 1 aromatic heterocycles. The fourth-order valence-electron chi connectivity index (χ4n) is 2.28. The first-order chi connectivity index (χ1) is 13.3. The van der Waals surface area contributed by atoms with Gasteiger partial charge >= 0.3 is 0 Å². The van der Waals surface area contributed by atoms with Crippen LogP contribution >= 0.6 is 0 Å². The van der Waals surface area contributed by atoms with Crippen LogP contribution in [0.3, 0.4) is 0 Å². The standard InChI is InChI=1S/C21H21N3O4/c1-21(2,27)18(20(26)24-28)23-19(25)17-9-7-15(8-10-17)5-3-4-6-16-11-13-22-14-12-16/h4,6-14,18,27-28H,1-2H3,(H,23,25)(H,24,26)/b6-4+/t18-/m1/s1. The summed E-state index contributed by atoms with van der Waals surface area (Å²) < 4.78 is 0. The number of benzene rings is 1. The van der Waals surface area contributed by atoms with Gasteiger partial charge in [0.05, 0.1) is 5.60 Å². The van der Waals surface area contributed by atoms with E-state index in [1.807, 2.05) is 18.2 Å². The molecule has 0 spiro atoms. The number of hydrogen-bond donors (Lipinski definition) is 4. The Hall–Kier alpha value is -3.47. The molecule has 2 rings (SSSR count). The lowest BCUT2D eigenvalue weighted by Crippen LogP contribution is -2.57. The van der Waals surface area contributed by atoms with E-state index < -0.39 is 23.5 Å². The molecule has 1 aromatic carbocycles. The van der Waals surface area contributed by atoms with Crippen LogP contribution in [-0.2, 0) is 4.79 Å². The van der Waals surface area contributed by atoms with Crippen LogP contribution in [0.4, 0.5) is 0 Å². The number of rotatable bonds is 5. The van der Waals surface area contributed by atoms with E-state index in [1.165, 1.54) is 19.3 Å². The quantitative estimate of drug-likeness (QED) is 0.358. The number of pyridine rings is 1. The van der Waals surface area contributed by atoms with Crippen molar-refractivity contribution in [2.24, 2.45) is 0 Å². The molecule has 1 heterocycles. The minimum Gasteiger partial charge on any atom is -0.388 e. The van der Waals surface area contributed by atoms with Crippen molar-refractivity contribution in [1.82, 2.24) is 15.8 Å². The highest BCUT2D eigenvalue weighted by Gasteiger charge is 2.34. The van der Waals surface area contributed by atoms with Gasteiger partial charge in [-0.15, -0.1) is 0 Å². The third-order valence-corrected chi connectivity index (χ3v) is 3.78. The Bertz CT molecular complexity index is 905. The number of nitrogens with one attached hydrogen (secondary N) is 2. The molecule has 0 bridgehead atoms. The fraction of sp³-hybridized carbons (Fsp3) is 0.190. The number of aliphatic hydroxyl groups is 1. The molecular weight excluding hydrogens is 358 g/mol. The van der Waals surface area contributed by atoms with Crippen molar-refractivity contribution in [2.45, 2.75) is 25.5 Å². The van der Waals surface area contributed by atoms with Crippen LogP contribution in [0.2, 0.25) is 0 Å². The summed E-state index contributed by atoms with van der Waals surface area (Å²) in [5.41, 5.74) is 1.87. The zero-order valence-corrected chi connectivity index (χ0v) is 15.5. The average molecular weight is 379 g/mol. The summed E-state index contributed by atoms with van der Waals surface area (Å²) in [6.07, 6.45) is 6.98. The molecule has 0 aliphatic rings. The Labute approximate surface area is 163 Å². The first kappa shape index (κ1) is 20.8. The van der Waals surface area contributed by atoms with Gasteiger partial charge in [0.1, 0.15) is 6.04 Å². The van der Waals surface area contributed by atoms with Gasteiger partial charge < -0.3 is 10.4 Å². The van der Waals surface area contributed by atoms with Crippen molar-refractivity contribution in [1.29, 1.82) is 0 Å². The number of carbonyl (C=O) groups is 2. The van der Waals surface area contributed by atoms with E-state index in [4.69, 9.17) is 5.21 Å². The van der Waals surface area contributed by atoms with Gasteiger partial charge in [-0.3, -0.25) is 19.8 Å². The van der Waals surface area contributed by atoms with E-state index >= 15 is 0 Å². The van der Waals surface area contributed by atoms with Gasteiger partial charge in [0, 0.05) is 23.5 Å². The smallest absolute Gasteiger partial charge is 0.268 e. The second-order valence-electron chi connectivity index (χ2n) is 6.50. The number of allylic oxidation sites excluding steroid dienone is 1. The molecule has 28 heavy (non-hydrogen) atoms. The van der Waals surface area contributed by atoms with Crippen LogP contribution in [0.25, 0.3) is 6.08 Å². The highest BCUT2D eigenvalue weighted by molar-refractivity contribution is 5.97. The van der Waals surface area contributed by atoms with Gasteiger partial charge in [0.25, 0.3) is 11.8 Å². The average Bonchev–Trinajstić information content (AvgIpc) is 2.69. The van der Waals surface area contributed by atoms with Crippen LogP contribution in [0.15, 0.2) is 54.9 Å². The largest absolute Gasteiger partial charge is 0.388 e. The zero-order valence-electron chi connectivity index (χ0n) is 15.5. The summed E-state index contributed by atoms with van der Waals surface area (Å²) in [5.74, 6) is 4.39. The predicted octanol–water partition coefficient (Wildman–Crippen LogP) is 1.52. The molecule has 0 radical (unpaired) electrons. The second-order valence-corrected chi connectivity index (χ2v) is 6.50. The van der Waals surface area contributed by atoms with Crippen molar-refractivity contribution >= 4 is 17.9 Å². The van der Waals surface area contributed by atoms with Gasteiger partial charge in [0.2, 0.25) is 0 Å². The predicted molar refractivity (Wildman–Crippen MR) is 104 cm³/mol. The molecule has 144 valence electrons. The summed E-state index contributed by atoms with van der Waals surface area (Å²) >= 11 is 0. The van der Waals surface area contributed by atoms with E-state index in [9.17, 15) is 14.7 Å². The molecule has 0 aliphatic carbocycles. The molecule has 7 nitrogen and oxygen atoms in total. The van der Waals surface area contributed by atoms with Crippen molar-refractivity contribution in [3.8, 4) is 11.8 Å². The van der Waals surface area contributed by atoms with Crippen molar-refractivity contribution < 1.29 is 19.9 Å². The third kappa shape index (κ3) is 6.06. The normalized spacial score (nSPS) is 12.0. The molecular formula is C21H21N3O4. The molecule has 4 N–H and O–H groups in total. The maximum atomic E-state index is 12.3. The Balaban J connectivity index is 2.04. The number of hydroxylamine groups is 1. The van der Waals surface area contributed by atoms with Crippen LogP contribution in [0, 0.1) is 11.8 Å². The summed E-state index contributed by atoms with van der Waals surface area (Å²) in [6, 6.07) is 8.88. The van der Waals surface area contributed by atoms with Crippen molar-refractivity contribution in [2.75, 3.05) is 0 Å². The lowest BCUT2D eigenvalue weighted by atomic mass is 9.97. The Morgan fingerprint density at radius 3 is 2.36 bits per heavy atom. The van der Waals surface area contributed by atoms with Crippen LogP contribution < -0.4 is 10.8 Å². The summed E-state index contributed by atoms with van der Waals surface area (Å²) in [5, 5.41) is 21.2. The molecule has 1 atom stereocenters. The van der Waals surface area contributed by atoms with Crippen molar-refractivity contribution in [3.05, 3.63) is 71.6 Å². The molecule has 0 aliphatic heterocycles. The number of hydrogen-bond acceptors (Lipinski definition) is 5. The third-order valence-electron chi connectivity index (χ3n) is 3.78. The Morgan fingerprint density at radius 1 is 1.14 bits per heavy atom. The lowest BCUT2D eigenvalue weighted by Gasteiger charge is -2.28. The van der Waals surface area contributed by atoms with Crippen LogP contribution in [-0.4, -0.2) is 38.8 Å². The van der Waals surface area contributed by atoms with E-state index in [-0.39, 0.29) is 5.56 Å². The number of nitrogens with zero attached hydrogens (tertiary/aromatic N) is 1. The van der Waals surface area contributed by atoms with Gasteiger partial charge in [-0.1, -0.05) is 11.8 Å². The molecule has 0 fully saturated rings. The summed E-state index contributed by atoms with van der Waals surface area (Å²) in [4.78, 5) is 27.9. The van der Waals surface area contributed by atoms with Gasteiger partial charge in [-0.05, 0) is 68.0 Å². The molecule has 0 saturated carbocycles. The molecule has 2 amide bonds. The summed E-state index contributed by atoms with van der Waals surface area (Å²) in [7, 11) is 0. The van der Waals surface area contributed by atoms with Crippen LogP contribution in [0.5, 0.6) is 0 Å². The van der Waals surface area contributed by atoms with Crippen molar-refractivity contribution in [3.63, 3.8) is 0 Å². The SMILES string of the molecule is CC(C)(O)[C@H](NC(=O)c1ccc(C#C/C=C/c2ccncc2)cc1)C(=O)NO. The van der Waals surface area contributed by atoms with E-state index in [1.54, 1.807) is 42.7 Å². The fourth-order valence-corrected chi connectivity index (χ4v) is 2.28. The monoisotopic (exact) mass is 379 g/mol. The van der Waals surface area contributed by atoms with E-state index in [0.717, 1.165) is 5.56 Å². The molecule has 2 aromatic rings. The number of aromatic nitrogens is 1. The Kier molecular flexibility index (Phi) is 7.04. The zero-order chi connectivity index (χ0) is 20.6. The topological polar surface area (TPSA) is 112 Å². The lowest BCUT2D eigenvalue weighted by molar-refractivity contribution is -0.136. The van der Waals surface area contributed by atoms with Crippen LogP contribution in [0.1, 0.15) is 35.3 Å². The molecule has 0 unspecified atom stereocenters. The summed E-state index contributed by atoms with van der Waals surface area (Å²) in [6.45, 7) is 2.71. The van der Waals surface area contributed by atoms with E-state index in [2.05, 4.69) is 22.1 Å². The minimum absolute atomic E-state index is 0.290. The molecule has 0 saturated heterocycles. The maximum absolute atomic E-state index is 12.3. The first-order valence-electron chi connectivity index (χ1n) is 8.46. The van der Waals surface area contributed by atoms with E-state index in [0.29, 0.717) is 5.56 Å². The first-order valence-corrected chi connectivity index (χ1v) is 8.46. The number of amides is 2. The van der Waals surface area contributed by atoms with Gasteiger partial charge in [-0.25, -0.2) is 5.48 Å². The molecule has 7 heteroatoms. The maximum Gasteiger partial charge on any atom is 0.268 e.